The van der Waals surface area contributed by atoms with Gasteiger partial charge in [0.05, 0.1) is 12.6 Å². The fourth-order valence-electron chi connectivity index (χ4n) is 4.17. The zero-order chi connectivity index (χ0) is 18.9. The second-order valence-corrected chi connectivity index (χ2v) is 7.75. The van der Waals surface area contributed by atoms with Crippen molar-refractivity contribution in [1.29, 1.82) is 0 Å². The Kier molecular flexibility index (Phi) is 7.24. The highest BCUT2D eigenvalue weighted by atomic mass is 14.9. The van der Waals surface area contributed by atoms with Gasteiger partial charge in [-0.1, -0.05) is 97.9 Å². The van der Waals surface area contributed by atoms with E-state index in [1.165, 1.54) is 23.1 Å². The summed E-state index contributed by atoms with van der Waals surface area (Å²) in [6.07, 6.45) is 2.35. The molecule has 3 aromatic carbocycles. The van der Waals surface area contributed by atoms with E-state index in [4.69, 9.17) is 0 Å². The molecule has 0 unspecified atom stereocenters. The minimum absolute atomic E-state index is 0.456. The molecule has 0 amide bonds. The number of nitrogens with two attached hydrogens (primary N) is 1. The molecule has 3 rings (SSSR count). The molecule has 140 valence electrons. The summed E-state index contributed by atoms with van der Waals surface area (Å²) in [7, 11) is 0. The van der Waals surface area contributed by atoms with Crippen molar-refractivity contribution in [2.45, 2.75) is 38.6 Å². The van der Waals surface area contributed by atoms with E-state index < -0.39 is 0 Å². The van der Waals surface area contributed by atoms with Gasteiger partial charge in [-0.3, -0.25) is 0 Å². The van der Waals surface area contributed by atoms with Gasteiger partial charge in [0.1, 0.15) is 0 Å². The molecule has 2 N–H and O–H groups in total. The molecule has 0 aliphatic carbocycles. The first-order chi connectivity index (χ1) is 13.2. The van der Waals surface area contributed by atoms with E-state index in [-0.39, 0.29) is 0 Å². The summed E-state index contributed by atoms with van der Waals surface area (Å²) in [4.78, 5) is 0. The van der Waals surface area contributed by atoms with Crippen molar-refractivity contribution in [3.05, 3.63) is 108 Å². The molecule has 0 bridgehead atoms. The zero-order valence-electron chi connectivity index (χ0n) is 16.6. The Labute approximate surface area is 164 Å². The topological polar surface area (TPSA) is 16.6 Å². The Balaban J connectivity index is 1.61. The zero-order valence-corrected chi connectivity index (χ0v) is 16.6. The summed E-state index contributed by atoms with van der Waals surface area (Å²) in [5.41, 5.74) is 4.28. The lowest BCUT2D eigenvalue weighted by Gasteiger charge is -2.27. The summed E-state index contributed by atoms with van der Waals surface area (Å²) in [6.45, 7) is 5.93. The smallest absolute Gasteiger partial charge is 0.0833 e. The average molecular weight is 359 g/mol. The van der Waals surface area contributed by atoms with Crippen LogP contribution < -0.4 is 5.32 Å². The first-order valence-corrected chi connectivity index (χ1v) is 10.2. The Morgan fingerprint density at radius 2 is 1.15 bits per heavy atom. The van der Waals surface area contributed by atoms with Gasteiger partial charge in [-0.15, -0.1) is 0 Å². The predicted molar refractivity (Wildman–Crippen MR) is 115 cm³/mol. The van der Waals surface area contributed by atoms with Crippen LogP contribution in [0.2, 0.25) is 0 Å². The maximum absolute atomic E-state index is 2.51. The van der Waals surface area contributed by atoms with Crippen LogP contribution >= 0.6 is 0 Å². The maximum atomic E-state index is 2.51. The van der Waals surface area contributed by atoms with Gasteiger partial charge in [0.15, 0.2) is 0 Å². The van der Waals surface area contributed by atoms with Gasteiger partial charge < -0.3 is 5.32 Å². The summed E-state index contributed by atoms with van der Waals surface area (Å²) < 4.78 is 0. The van der Waals surface area contributed by atoms with Crippen LogP contribution in [0.3, 0.4) is 0 Å². The van der Waals surface area contributed by atoms with Gasteiger partial charge in [0.2, 0.25) is 0 Å². The van der Waals surface area contributed by atoms with Crippen LogP contribution in [0.25, 0.3) is 0 Å². The van der Waals surface area contributed by atoms with Crippen LogP contribution in [-0.2, 0) is 6.42 Å². The van der Waals surface area contributed by atoms with Crippen LogP contribution in [0, 0.1) is 5.92 Å². The molecule has 0 saturated carbocycles. The minimum atomic E-state index is 0.456. The van der Waals surface area contributed by atoms with Crippen LogP contribution in [0.15, 0.2) is 91.0 Å². The number of quaternary nitrogens is 1. The minimum Gasteiger partial charge on any atom is -0.344 e. The molecule has 2 atom stereocenters. The van der Waals surface area contributed by atoms with Crippen molar-refractivity contribution in [3.8, 4) is 0 Å². The standard InChI is InChI=1S/C26H31N/c1-21(20-22(2)27-19-18-23-12-6-3-7-13-23)26(24-14-8-4-9-15-24)25-16-10-5-11-17-25/h3-17,21-22,26-27H,18-20H2,1-2H3/p+1/t21-,22+/m1/s1. The number of benzene rings is 3. The normalized spacial score (nSPS) is 13.4. The Bertz CT molecular complexity index is 728. The van der Waals surface area contributed by atoms with E-state index in [9.17, 15) is 0 Å². The summed E-state index contributed by atoms with van der Waals surface area (Å²) in [5.74, 6) is 1.05. The fourth-order valence-corrected chi connectivity index (χ4v) is 4.17. The molecule has 0 aliphatic rings. The van der Waals surface area contributed by atoms with E-state index in [0.717, 1.165) is 13.0 Å². The molecule has 1 nitrogen and oxygen atoms in total. The Morgan fingerprint density at radius 3 is 1.67 bits per heavy atom. The lowest BCUT2D eigenvalue weighted by atomic mass is 9.79. The molecule has 0 saturated heterocycles. The van der Waals surface area contributed by atoms with Gasteiger partial charge in [-0.2, -0.15) is 0 Å². The predicted octanol–water partition coefficient (Wildman–Crippen LogP) is 5.04. The van der Waals surface area contributed by atoms with Crippen molar-refractivity contribution in [1.82, 2.24) is 0 Å². The molecular formula is C26H32N+. The second kappa shape index (κ2) is 10.1. The average Bonchev–Trinajstić information content (AvgIpc) is 2.70. The van der Waals surface area contributed by atoms with Crippen LogP contribution in [0.1, 0.15) is 42.9 Å². The van der Waals surface area contributed by atoms with Gasteiger partial charge in [0, 0.05) is 18.8 Å². The summed E-state index contributed by atoms with van der Waals surface area (Å²) in [6, 6.07) is 33.4. The molecular weight excluding hydrogens is 326 g/mol. The van der Waals surface area contributed by atoms with Crippen molar-refractivity contribution in [2.24, 2.45) is 5.92 Å². The maximum Gasteiger partial charge on any atom is 0.0833 e. The van der Waals surface area contributed by atoms with Gasteiger partial charge >= 0.3 is 0 Å². The third-order valence-electron chi connectivity index (χ3n) is 5.47. The Hall–Kier alpha value is -2.38. The molecule has 0 spiro atoms. The largest absolute Gasteiger partial charge is 0.344 e. The monoisotopic (exact) mass is 358 g/mol. The number of hydrogen-bond donors (Lipinski definition) is 1. The molecule has 1 heteroatoms. The molecule has 0 aromatic heterocycles. The number of rotatable bonds is 9. The lowest BCUT2D eigenvalue weighted by molar-refractivity contribution is -0.687. The highest BCUT2D eigenvalue weighted by molar-refractivity contribution is 5.33. The molecule has 3 aromatic rings. The van der Waals surface area contributed by atoms with Crippen LogP contribution in [0.5, 0.6) is 0 Å². The molecule has 0 radical (unpaired) electrons. The van der Waals surface area contributed by atoms with Gasteiger partial charge in [0.25, 0.3) is 0 Å². The van der Waals surface area contributed by atoms with Crippen LogP contribution in [0.4, 0.5) is 0 Å². The molecule has 27 heavy (non-hydrogen) atoms. The van der Waals surface area contributed by atoms with Crippen molar-refractivity contribution in [3.63, 3.8) is 0 Å². The quantitative estimate of drug-likeness (QED) is 0.552. The molecule has 0 fully saturated rings. The summed E-state index contributed by atoms with van der Waals surface area (Å²) >= 11 is 0. The van der Waals surface area contributed by atoms with E-state index in [1.54, 1.807) is 0 Å². The van der Waals surface area contributed by atoms with E-state index in [2.05, 4.69) is 110 Å². The first-order valence-electron chi connectivity index (χ1n) is 10.2. The van der Waals surface area contributed by atoms with Crippen molar-refractivity contribution in [2.75, 3.05) is 6.54 Å². The molecule has 0 heterocycles. The summed E-state index contributed by atoms with van der Waals surface area (Å²) in [5, 5.41) is 2.51. The van der Waals surface area contributed by atoms with E-state index >= 15 is 0 Å². The van der Waals surface area contributed by atoms with Crippen molar-refractivity contribution >= 4 is 0 Å². The third kappa shape index (κ3) is 5.80. The van der Waals surface area contributed by atoms with E-state index in [0.29, 0.717) is 17.9 Å². The van der Waals surface area contributed by atoms with Gasteiger partial charge in [-0.05, 0) is 29.5 Å². The lowest BCUT2D eigenvalue weighted by Crippen LogP contribution is -2.89. The van der Waals surface area contributed by atoms with Crippen LogP contribution in [-0.4, -0.2) is 12.6 Å². The number of hydrogen-bond acceptors (Lipinski definition) is 0. The highest BCUT2D eigenvalue weighted by Gasteiger charge is 2.23. The Morgan fingerprint density at radius 1 is 0.667 bits per heavy atom. The third-order valence-corrected chi connectivity index (χ3v) is 5.47. The highest BCUT2D eigenvalue weighted by Crippen LogP contribution is 2.33. The SMILES string of the molecule is C[C@H](C[C@H](C)[NH2+]CCc1ccccc1)C(c1ccccc1)c1ccccc1. The fraction of sp³-hybridized carbons (Fsp3) is 0.308. The van der Waals surface area contributed by atoms with Crippen molar-refractivity contribution < 1.29 is 5.32 Å². The van der Waals surface area contributed by atoms with E-state index in [1.807, 2.05) is 0 Å². The first kappa shape index (κ1) is 19.4. The van der Waals surface area contributed by atoms with Gasteiger partial charge in [-0.25, -0.2) is 0 Å². The second-order valence-electron chi connectivity index (χ2n) is 7.75. The molecule has 0 aliphatic heterocycles.